The Labute approximate surface area is 204 Å². The van der Waals surface area contributed by atoms with Crippen LogP contribution in [-0.2, 0) is 0 Å². The first-order valence-electron chi connectivity index (χ1n) is 11.1. The second kappa shape index (κ2) is 10.5. The van der Waals surface area contributed by atoms with Crippen LogP contribution in [0.1, 0.15) is 28.9 Å². The van der Waals surface area contributed by atoms with Crippen LogP contribution >= 0.6 is 12.4 Å². The van der Waals surface area contributed by atoms with E-state index in [9.17, 15) is 4.79 Å². The molecule has 1 amide bonds. The van der Waals surface area contributed by atoms with Crippen LogP contribution in [0.4, 0.5) is 17.5 Å². The molecule has 0 unspecified atom stereocenters. The van der Waals surface area contributed by atoms with Crippen LogP contribution in [0.2, 0.25) is 0 Å². The number of pyridine rings is 2. The number of amides is 1. The number of benzene rings is 1. The molecular formula is C25H26ClN7O. The highest BCUT2D eigenvalue weighted by Crippen LogP contribution is 2.31. The van der Waals surface area contributed by atoms with Gasteiger partial charge in [0.25, 0.3) is 5.91 Å². The van der Waals surface area contributed by atoms with Crippen LogP contribution in [0.25, 0.3) is 10.8 Å². The standard InChI is InChI=1S/C25H25N7O.ClH/c1-17-5-2-6-18-10-14-27-23(22(17)18)32(20-7-3-11-26-16-20)24(33)21-9-8-19(15-30-21)31-25-28-12-4-13-29-25;/h2,4-6,8-10,12-15,20,26H,3,7,11,16H2,1H3,(H,28,29,31);1H/t20-;/m1./s1. The van der Waals surface area contributed by atoms with Crippen molar-refractivity contribution < 1.29 is 4.79 Å². The van der Waals surface area contributed by atoms with E-state index >= 15 is 0 Å². The summed E-state index contributed by atoms with van der Waals surface area (Å²) < 4.78 is 0. The highest BCUT2D eigenvalue weighted by Gasteiger charge is 2.31. The Morgan fingerprint density at radius 2 is 1.88 bits per heavy atom. The van der Waals surface area contributed by atoms with Crippen molar-refractivity contribution in [2.75, 3.05) is 23.3 Å². The van der Waals surface area contributed by atoms with Gasteiger partial charge in [0.15, 0.2) is 0 Å². The first kappa shape index (κ1) is 23.5. The maximum Gasteiger partial charge on any atom is 0.278 e. The molecule has 0 radical (unpaired) electrons. The molecule has 3 aromatic heterocycles. The SMILES string of the molecule is Cc1cccc2ccnc(N(C(=O)c3ccc(Nc4ncccn4)cn3)[C@@H]3CCCNC3)c12.Cl. The number of hydrogen-bond donors (Lipinski definition) is 2. The zero-order valence-electron chi connectivity index (χ0n) is 18.8. The largest absolute Gasteiger partial charge is 0.323 e. The van der Waals surface area contributed by atoms with E-state index < -0.39 is 0 Å². The third-order valence-corrected chi connectivity index (χ3v) is 5.87. The molecule has 5 rings (SSSR count). The van der Waals surface area contributed by atoms with Gasteiger partial charge in [-0.3, -0.25) is 9.69 Å². The number of rotatable bonds is 5. The first-order chi connectivity index (χ1) is 16.2. The zero-order valence-corrected chi connectivity index (χ0v) is 19.6. The van der Waals surface area contributed by atoms with Crippen molar-refractivity contribution in [2.24, 2.45) is 0 Å². The Kier molecular flexibility index (Phi) is 7.30. The van der Waals surface area contributed by atoms with Crippen molar-refractivity contribution in [3.05, 3.63) is 78.5 Å². The van der Waals surface area contributed by atoms with Gasteiger partial charge in [0, 0.05) is 30.5 Å². The summed E-state index contributed by atoms with van der Waals surface area (Å²) in [5.74, 6) is 1.00. The summed E-state index contributed by atoms with van der Waals surface area (Å²) in [6.45, 7) is 3.74. The molecule has 1 aromatic carbocycles. The van der Waals surface area contributed by atoms with Crippen molar-refractivity contribution in [1.29, 1.82) is 0 Å². The monoisotopic (exact) mass is 475 g/mol. The molecule has 34 heavy (non-hydrogen) atoms. The number of fused-ring (bicyclic) bond motifs is 1. The van der Waals surface area contributed by atoms with Crippen molar-refractivity contribution in [1.82, 2.24) is 25.3 Å². The van der Waals surface area contributed by atoms with Crippen LogP contribution in [0.15, 0.2) is 67.3 Å². The highest BCUT2D eigenvalue weighted by atomic mass is 35.5. The number of nitrogens with zero attached hydrogens (tertiary/aromatic N) is 5. The maximum atomic E-state index is 13.8. The third-order valence-electron chi connectivity index (χ3n) is 5.87. The molecule has 1 atom stereocenters. The molecule has 1 aliphatic heterocycles. The maximum absolute atomic E-state index is 13.8. The lowest BCUT2D eigenvalue weighted by atomic mass is 10.0. The van der Waals surface area contributed by atoms with Crippen LogP contribution < -0.4 is 15.5 Å². The lowest BCUT2D eigenvalue weighted by molar-refractivity contribution is 0.0967. The van der Waals surface area contributed by atoms with Gasteiger partial charge < -0.3 is 10.6 Å². The number of nitrogens with one attached hydrogen (secondary N) is 2. The van der Waals surface area contributed by atoms with Crippen LogP contribution in [0.5, 0.6) is 0 Å². The minimum absolute atomic E-state index is 0. The average molecular weight is 476 g/mol. The fourth-order valence-corrected chi connectivity index (χ4v) is 4.27. The van der Waals surface area contributed by atoms with E-state index in [4.69, 9.17) is 0 Å². The van der Waals surface area contributed by atoms with Gasteiger partial charge in [0.1, 0.15) is 11.5 Å². The molecule has 9 heteroatoms. The van der Waals surface area contributed by atoms with E-state index in [1.807, 2.05) is 23.1 Å². The van der Waals surface area contributed by atoms with Gasteiger partial charge in [0.2, 0.25) is 5.95 Å². The topological polar surface area (TPSA) is 95.9 Å². The Bertz CT molecular complexity index is 1260. The minimum atomic E-state index is -0.158. The molecule has 8 nitrogen and oxygen atoms in total. The molecule has 4 aromatic rings. The zero-order chi connectivity index (χ0) is 22.6. The molecule has 174 valence electrons. The van der Waals surface area contributed by atoms with E-state index in [0.29, 0.717) is 23.1 Å². The van der Waals surface area contributed by atoms with Crippen LogP contribution in [0, 0.1) is 6.92 Å². The smallest absolute Gasteiger partial charge is 0.278 e. The summed E-state index contributed by atoms with van der Waals surface area (Å²) in [5, 5.41) is 8.58. The van der Waals surface area contributed by atoms with Gasteiger partial charge in [-0.1, -0.05) is 18.2 Å². The van der Waals surface area contributed by atoms with E-state index in [-0.39, 0.29) is 24.4 Å². The van der Waals surface area contributed by atoms with E-state index in [0.717, 1.165) is 42.3 Å². The summed E-state index contributed by atoms with van der Waals surface area (Å²) in [7, 11) is 0. The molecule has 0 bridgehead atoms. The number of aromatic nitrogens is 4. The quantitative estimate of drug-likeness (QED) is 0.444. The summed E-state index contributed by atoms with van der Waals surface area (Å²) in [6.07, 6.45) is 8.64. The van der Waals surface area contributed by atoms with E-state index in [1.165, 1.54) is 0 Å². The van der Waals surface area contributed by atoms with Crippen molar-refractivity contribution in [3.63, 3.8) is 0 Å². The van der Waals surface area contributed by atoms with Gasteiger partial charge in [0.05, 0.1) is 17.9 Å². The molecule has 0 aliphatic carbocycles. The minimum Gasteiger partial charge on any atom is -0.323 e. The molecule has 2 N–H and O–H groups in total. The van der Waals surface area contributed by atoms with Gasteiger partial charge in [-0.15, -0.1) is 12.4 Å². The predicted molar refractivity (Wildman–Crippen MR) is 136 cm³/mol. The van der Waals surface area contributed by atoms with Gasteiger partial charge in [-0.25, -0.2) is 19.9 Å². The van der Waals surface area contributed by atoms with Gasteiger partial charge >= 0.3 is 0 Å². The predicted octanol–water partition coefficient (Wildman–Crippen LogP) is 4.29. The number of aryl methyl sites for hydroxylation is 1. The summed E-state index contributed by atoms with van der Waals surface area (Å²) in [6, 6.07) is 13.4. The Morgan fingerprint density at radius 1 is 1.03 bits per heavy atom. The lowest BCUT2D eigenvalue weighted by Crippen LogP contribution is -2.49. The Hall–Kier alpha value is -3.62. The van der Waals surface area contributed by atoms with Gasteiger partial charge in [-0.05, 0) is 61.5 Å². The third kappa shape index (κ3) is 4.83. The molecule has 0 spiro atoms. The second-order valence-corrected chi connectivity index (χ2v) is 8.11. The molecule has 1 aliphatic rings. The fraction of sp³-hybridized carbons (Fsp3) is 0.240. The van der Waals surface area contributed by atoms with Gasteiger partial charge in [-0.2, -0.15) is 0 Å². The number of anilines is 3. The molecule has 1 fully saturated rings. The summed E-state index contributed by atoms with van der Waals surface area (Å²) >= 11 is 0. The van der Waals surface area contributed by atoms with E-state index in [1.54, 1.807) is 36.9 Å². The molecule has 0 saturated carbocycles. The van der Waals surface area contributed by atoms with Crippen molar-refractivity contribution >= 4 is 46.5 Å². The molecular weight excluding hydrogens is 450 g/mol. The number of hydrogen-bond acceptors (Lipinski definition) is 7. The molecule has 1 saturated heterocycles. The number of carbonyl (C=O) groups is 1. The van der Waals surface area contributed by atoms with E-state index in [2.05, 4.69) is 49.6 Å². The summed E-state index contributed by atoms with van der Waals surface area (Å²) in [4.78, 5) is 33.1. The second-order valence-electron chi connectivity index (χ2n) is 8.11. The lowest BCUT2D eigenvalue weighted by Gasteiger charge is -2.34. The van der Waals surface area contributed by atoms with Crippen molar-refractivity contribution in [2.45, 2.75) is 25.8 Å². The number of halogens is 1. The number of piperidine rings is 1. The first-order valence-corrected chi connectivity index (χ1v) is 11.1. The fourth-order valence-electron chi connectivity index (χ4n) is 4.27. The molecule has 4 heterocycles. The Morgan fingerprint density at radius 3 is 2.62 bits per heavy atom. The van der Waals surface area contributed by atoms with Crippen LogP contribution in [-0.4, -0.2) is 45.0 Å². The normalized spacial score (nSPS) is 15.4. The average Bonchev–Trinajstić information content (AvgIpc) is 2.86. The van der Waals surface area contributed by atoms with Crippen molar-refractivity contribution in [3.8, 4) is 0 Å². The Balaban J connectivity index is 0.00000274. The highest BCUT2D eigenvalue weighted by molar-refractivity contribution is 6.10. The summed E-state index contributed by atoms with van der Waals surface area (Å²) in [5.41, 5.74) is 2.17. The number of carbonyl (C=O) groups excluding carboxylic acids is 1. The van der Waals surface area contributed by atoms with Crippen LogP contribution in [0.3, 0.4) is 0 Å².